The zero-order valence-corrected chi connectivity index (χ0v) is 14.4. The highest BCUT2D eigenvalue weighted by molar-refractivity contribution is 5.77. The number of likely N-dealkylation sites (tertiary alicyclic amines) is 1. The molecule has 134 valence electrons. The number of piperidine rings is 1. The molecule has 8 heteroatoms. The van der Waals surface area contributed by atoms with Crippen molar-refractivity contribution in [3.63, 3.8) is 0 Å². The van der Waals surface area contributed by atoms with E-state index in [1.165, 1.54) is 0 Å². The van der Waals surface area contributed by atoms with Crippen LogP contribution in [0, 0.1) is 5.92 Å². The average Bonchev–Trinajstić information content (AvgIpc) is 3.05. The van der Waals surface area contributed by atoms with Crippen molar-refractivity contribution in [2.45, 2.75) is 26.2 Å². The lowest BCUT2D eigenvalue weighted by atomic mass is 9.97. The maximum atomic E-state index is 12.3. The smallest absolute Gasteiger partial charge is 0.309 e. The van der Waals surface area contributed by atoms with E-state index in [-0.39, 0.29) is 17.8 Å². The third-order valence-corrected chi connectivity index (χ3v) is 4.43. The lowest BCUT2D eigenvalue weighted by Crippen LogP contribution is -2.41. The van der Waals surface area contributed by atoms with E-state index in [0.717, 1.165) is 11.5 Å². The SMILES string of the molecule is CCOC(=O)C1CCN(C(=O)CCNc2cnc3cnccn23)CC1. The van der Waals surface area contributed by atoms with E-state index in [2.05, 4.69) is 15.3 Å². The summed E-state index contributed by atoms with van der Waals surface area (Å²) in [4.78, 5) is 34.2. The number of imidazole rings is 1. The van der Waals surface area contributed by atoms with Crippen molar-refractivity contribution >= 4 is 23.3 Å². The highest BCUT2D eigenvalue weighted by Gasteiger charge is 2.27. The molecule has 1 aliphatic rings. The largest absolute Gasteiger partial charge is 0.466 e. The molecule has 2 aromatic rings. The molecule has 0 radical (unpaired) electrons. The molecular weight excluding hydrogens is 322 g/mol. The normalized spacial score (nSPS) is 15.3. The fourth-order valence-electron chi connectivity index (χ4n) is 3.05. The Bertz CT molecular complexity index is 737. The number of aromatic nitrogens is 3. The van der Waals surface area contributed by atoms with Crippen molar-refractivity contribution in [2.75, 3.05) is 31.6 Å². The van der Waals surface area contributed by atoms with Crippen LogP contribution in [-0.2, 0) is 14.3 Å². The highest BCUT2D eigenvalue weighted by atomic mass is 16.5. The average molecular weight is 345 g/mol. The first-order valence-corrected chi connectivity index (χ1v) is 8.64. The molecule has 0 atom stereocenters. The van der Waals surface area contributed by atoms with Crippen LogP contribution < -0.4 is 5.32 Å². The number of esters is 1. The van der Waals surface area contributed by atoms with Gasteiger partial charge in [0, 0.05) is 38.4 Å². The monoisotopic (exact) mass is 345 g/mol. The number of nitrogens with zero attached hydrogens (tertiary/aromatic N) is 4. The Morgan fingerprint density at radius 2 is 2.12 bits per heavy atom. The van der Waals surface area contributed by atoms with Crippen LogP contribution in [0.15, 0.2) is 24.8 Å². The molecule has 0 bridgehead atoms. The summed E-state index contributed by atoms with van der Waals surface area (Å²) in [6.45, 7) is 3.98. The number of carbonyl (C=O) groups is 2. The second kappa shape index (κ2) is 7.96. The van der Waals surface area contributed by atoms with Crippen molar-refractivity contribution in [2.24, 2.45) is 5.92 Å². The third kappa shape index (κ3) is 4.07. The van der Waals surface area contributed by atoms with Gasteiger partial charge in [-0.2, -0.15) is 0 Å². The Morgan fingerprint density at radius 3 is 2.88 bits per heavy atom. The van der Waals surface area contributed by atoms with Crippen LogP contribution in [0.25, 0.3) is 5.65 Å². The molecule has 0 unspecified atom stereocenters. The number of anilines is 1. The van der Waals surface area contributed by atoms with Gasteiger partial charge < -0.3 is 15.0 Å². The molecule has 1 amide bonds. The summed E-state index contributed by atoms with van der Waals surface area (Å²) in [5.74, 6) is 0.726. The van der Waals surface area contributed by atoms with E-state index >= 15 is 0 Å². The maximum Gasteiger partial charge on any atom is 0.309 e. The molecule has 1 saturated heterocycles. The van der Waals surface area contributed by atoms with Crippen molar-refractivity contribution in [3.8, 4) is 0 Å². The Kier molecular flexibility index (Phi) is 5.47. The Balaban J connectivity index is 1.43. The molecule has 0 aromatic carbocycles. The predicted octanol–water partition coefficient (Wildman–Crippen LogP) is 1.33. The van der Waals surface area contributed by atoms with Crippen LogP contribution in [0.1, 0.15) is 26.2 Å². The summed E-state index contributed by atoms with van der Waals surface area (Å²) in [6.07, 6.45) is 8.70. The lowest BCUT2D eigenvalue weighted by Gasteiger charge is -2.31. The molecule has 1 N–H and O–H groups in total. The molecule has 25 heavy (non-hydrogen) atoms. The number of fused-ring (bicyclic) bond motifs is 1. The topological polar surface area (TPSA) is 88.8 Å². The first kappa shape index (κ1) is 17.2. The first-order valence-electron chi connectivity index (χ1n) is 8.64. The predicted molar refractivity (Wildman–Crippen MR) is 92.0 cm³/mol. The molecule has 0 saturated carbocycles. The van der Waals surface area contributed by atoms with Crippen LogP contribution >= 0.6 is 0 Å². The van der Waals surface area contributed by atoms with Gasteiger partial charge in [-0.15, -0.1) is 0 Å². The Hall–Kier alpha value is -2.64. The summed E-state index contributed by atoms with van der Waals surface area (Å²) < 4.78 is 6.94. The molecule has 3 heterocycles. The second-order valence-corrected chi connectivity index (χ2v) is 6.03. The molecule has 1 aliphatic heterocycles. The zero-order valence-electron chi connectivity index (χ0n) is 14.4. The fourth-order valence-corrected chi connectivity index (χ4v) is 3.05. The summed E-state index contributed by atoms with van der Waals surface area (Å²) >= 11 is 0. The van der Waals surface area contributed by atoms with Gasteiger partial charge in [-0.25, -0.2) is 4.98 Å². The fraction of sp³-hybridized carbons (Fsp3) is 0.529. The first-order chi connectivity index (χ1) is 12.2. The van der Waals surface area contributed by atoms with Crippen molar-refractivity contribution in [3.05, 3.63) is 24.8 Å². The molecule has 8 nitrogen and oxygen atoms in total. The van der Waals surface area contributed by atoms with Gasteiger partial charge in [0.05, 0.1) is 24.9 Å². The van der Waals surface area contributed by atoms with E-state index in [4.69, 9.17) is 4.74 Å². The zero-order chi connectivity index (χ0) is 17.6. The van der Waals surface area contributed by atoms with Crippen molar-refractivity contribution in [1.82, 2.24) is 19.3 Å². The van der Waals surface area contributed by atoms with Crippen LogP contribution in [0.5, 0.6) is 0 Å². The van der Waals surface area contributed by atoms with E-state index in [1.807, 2.05) is 22.4 Å². The summed E-state index contributed by atoms with van der Waals surface area (Å²) in [5, 5.41) is 3.23. The standard InChI is InChI=1S/C17H23N5O3/c1-2-25-17(24)13-4-8-21(9-5-13)16(23)3-6-19-15-12-20-14-11-18-7-10-22(14)15/h7,10-13,19H,2-6,8-9H2,1H3. The van der Waals surface area contributed by atoms with Gasteiger partial charge in [0.25, 0.3) is 0 Å². The lowest BCUT2D eigenvalue weighted by molar-refractivity contribution is -0.151. The summed E-state index contributed by atoms with van der Waals surface area (Å²) in [7, 11) is 0. The van der Waals surface area contributed by atoms with Gasteiger partial charge in [0.1, 0.15) is 5.82 Å². The molecule has 2 aromatic heterocycles. The minimum absolute atomic E-state index is 0.0751. The van der Waals surface area contributed by atoms with Gasteiger partial charge in [-0.1, -0.05) is 0 Å². The second-order valence-electron chi connectivity index (χ2n) is 6.03. The van der Waals surface area contributed by atoms with Crippen LogP contribution in [0.3, 0.4) is 0 Å². The maximum absolute atomic E-state index is 12.3. The van der Waals surface area contributed by atoms with Gasteiger partial charge >= 0.3 is 5.97 Å². The summed E-state index contributed by atoms with van der Waals surface area (Å²) in [5.41, 5.74) is 0.761. The number of amides is 1. The Labute approximate surface area is 146 Å². The Morgan fingerprint density at radius 1 is 1.32 bits per heavy atom. The quantitative estimate of drug-likeness (QED) is 0.795. The van der Waals surface area contributed by atoms with Crippen LogP contribution in [0.4, 0.5) is 5.82 Å². The highest BCUT2D eigenvalue weighted by Crippen LogP contribution is 2.19. The van der Waals surface area contributed by atoms with E-state index in [9.17, 15) is 9.59 Å². The van der Waals surface area contributed by atoms with Crippen molar-refractivity contribution in [1.29, 1.82) is 0 Å². The molecular formula is C17H23N5O3. The molecule has 0 aliphatic carbocycles. The van der Waals surface area contributed by atoms with E-state index < -0.39 is 0 Å². The number of rotatable bonds is 6. The minimum atomic E-state index is -0.140. The molecule has 3 rings (SSSR count). The number of hydrogen-bond donors (Lipinski definition) is 1. The van der Waals surface area contributed by atoms with Gasteiger partial charge in [0.2, 0.25) is 5.91 Å². The number of hydrogen-bond acceptors (Lipinski definition) is 6. The van der Waals surface area contributed by atoms with E-state index in [0.29, 0.717) is 45.5 Å². The van der Waals surface area contributed by atoms with Crippen LogP contribution in [0.2, 0.25) is 0 Å². The summed E-state index contributed by atoms with van der Waals surface area (Å²) in [6, 6.07) is 0. The number of ether oxygens (including phenoxy) is 1. The number of carbonyl (C=O) groups excluding carboxylic acids is 2. The third-order valence-electron chi connectivity index (χ3n) is 4.43. The van der Waals surface area contributed by atoms with E-state index in [1.54, 1.807) is 18.6 Å². The van der Waals surface area contributed by atoms with Gasteiger partial charge in [-0.05, 0) is 19.8 Å². The molecule has 0 spiro atoms. The molecule has 1 fully saturated rings. The van der Waals surface area contributed by atoms with Gasteiger partial charge in [0.15, 0.2) is 5.65 Å². The van der Waals surface area contributed by atoms with Crippen LogP contribution in [-0.4, -0.2) is 57.4 Å². The number of nitrogens with one attached hydrogen (secondary N) is 1. The van der Waals surface area contributed by atoms with Gasteiger partial charge in [-0.3, -0.25) is 19.0 Å². The minimum Gasteiger partial charge on any atom is -0.466 e. The van der Waals surface area contributed by atoms with Crippen molar-refractivity contribution < 1.29 is 14.3 Å².